The van der Waals surface area contributed by atoms with Gasteiger partial charge in [-0.25, -0.2) is 9.13 Å². The Bertz CT molecular complexity index is 2090. The number of phosphoric ester groups is 2. The molecule has 0 aliphatic carbocycles. The molecule has 0 aromatic rings. The van der Waals surface area contributed by atoms with Gasteiger partial charge in [0.15, 0.2) is 12.2 Å². The van der Waals surface area contributed by atoms with E-state index < -0.39 is 97.5 Å². The summed E-state index contributed by atoms with van der Waals surface area (Å²) in [5, 5.41) is 10.7. The summed E-state index contributed by atoms with van der Waals surface area (Å²) in [6.45, 7) is 9.64. The van der Waals surface area contributed by atoms with E-state index in [-0.39, 0.29) is 25.7 Å². The summed E-state index contributed by atoms with van der Waals surface area (Å²) in [4.78, 5) is 73.1. The molecule has 0 radical (unpaired) electrons. The molecule has 0 saturated carbocycles. The molecule has 3 N–H and O–H groups in total. The fourth-order valence-electron chi connectivity index (χ4n) is 12.7. The quantitative estimate of drug-likeness (QED) is 0.0169. The van der Waals surface area contributed by atoms with Crippen LogP contribution in [-0.4, -0.2) is 96.7 Å². The molecule has 0 amide bonds. The lowest BCUT2D eigenvalue weighted by Crippen LogP contribution is -2.30. The number of unbranched alkanes of at least 4 members (excludes halogenated alkanes) is 49. The largest absolute Gasteiger partial charge is 0.472 e. The molecule has 2 unspecified atom stereocenters. The van der Waals surface area contributed by atoms with Crippen LogP contribution in [0.5, 0.6) is 0 Å². The Kier molecular flexibility index (Phi) is 74.1. The van der Waals surface area contributed by atoms with Gasteiger partial charge in [0.2, 0.25) is 0 Å². The summed E-state index contributed by atoms with van der Waals surface area (Å²) in [5.74, 6) is -0.505. The highest BCUT2D eigenvalue weighted by molar-refractivity contribution is 7.47. The van der Waals surface area contributed by atoms with Crippen molar-refractivity contribution in [2.24, 2.45) is 11.8 Å². The Morgan fingerprint density at radius 2 is 0.519 bits per heavy atom. The van der Waals surface area contributed by atoms with Gasteiger partial charge in [-0.15, -0.1) is 0 Å². The van der Waals surface area contributed by atoms with Crippen LogP contribution in [0.4, 0.5) is 0 Å². The van der Waals surface area contributed by atoms with Gasteiger partial charge < -0.3 is 33.8 Å². The number of hydrogen-bond acceptors (Lipinski definition) is 15. The molecule has 0 saturated heterocycles. The SMILES string of the molecule is CCCCCC/C=C\C=C/CCCCCCCC(=O)O[C@H](COC(=O)CCCCCCCCCCC)COP(=O)(O)OC[C@H](O)COP(=O)(O)OC[C@@H](COC(=O)CCCCCCCCCCCCCCCCCCC(C)C)OC(=O)CCCCCCCCCCCCCCCCCCCCC(C)C. The molecule has 0 aromatic heterocycles. The standard InChI is InChI=1S/C85H162O17P2/c1-7-9-11-13-15-17-18-19-26-34-39-45-51-57-63-69-84(89)101-80(73-95-82(87)67-61-55-49-41-16-14-12-10-8-2)75-99-103(91,92)97-71-79(86)72-98-104(93,94)100-76-81(74-96-83(88)68-62-56-50-44-38-33-29-25-24-28-32-37-43-48-54-60-66-78(5)6)102-85(90)70-64-58-52-46-40-35-30-23-21-20-22-27-31-36-42-47-53-59-65-77(3)4/h17-19,26,77-81,86H,7-16,20-25,27-76H2,1-6H3,(H,91,92)(H,93,94)/b18-17-,26-19-/t79-,80+,81+/m0/s1. The lowest BCUT2D eigenvalue weighted by atomic mass is 10.0. The molecule has 0 fully saturated rings. The van der Waals surface area contributed by atoms with Crippen LogP contribution in [0.3, 0.4) is 0 Å². The van der Waals surface area contributed by atoms with E-state index in [1.807, 2.05) is 0 Å². The zero-order chi connectivity index (χ0) is 76.4. The number of aliphatic hydroxyl groups is 1. The second-order valence-electron chi connectivity index (χ2n) is 30.8. The second-order valence-corrected chi connectivity index (χ2v) is 33.7. The van der Waals surface area contributed by atoms with Crippen molar-refractivity contribution in [3.63, 3.8) is 0 Å². The molecule has 614 valence electrons. The fraction of sp³-hybridized carbons (Fsp3) is 0.906. The highest BCUT2D eigenvalue weighted by atomic mass is 31.2. The van der Waals surface area contributed by atoms with Crippen molar-refractivity contribution in [3.05, 3.63) is 24.3 Å². The highest BCUT2D eigenvalue weighted by Crippen LogP contribution is 2.45. The Morgan fingerprint density at radius 1 is 0.298 bits per heavy atom. The number of aliphatic hydroxyl groups excluding tert-OH is 1. The summed E-state index contributed by atoms with van der Waals surface area (Å²) in [7, 11) is -9.94. The van der Waals surface area contributed by atoms with Crippen LogP contribution >= 0.6 is 15.6 Å². The average Bonchev–Trinajstić information content (AvgIpc) is 0.904. The van der Waals surface area contributed by atoms with Crippen molar-refractivity contribution in [3.8, 4) is 0 Å². The van der Waals surface area contributed by atoms with Gasteiger partial charge in [0, 0.05) is 25.7 Å². The van der Waals surface area contributed by atoms with Gasteiger partial charge in [-0.05, 0) is 63.2 Å². The van der Waals surface area contributed by atoms with E-state index in [9.17, 15) is 43.2 Å². The number of carbonyl (C=O) groups is 4. The molecule has 0 spiro atoms. The maximum atomic E-state index is 13.1. The van der Waals surface area contributed by atoms with Gasteiger partial charge in [0.1, 0.15) is 19.3 Å². The van der Waals surface area contributed by atoms with Gasteiger partial charge in [0.05, 0.1) is 26.4 Å². The van der Waals surface area contributed by atoms with Crippen LogP contribution in [0.1, 0.15) is 427 Å². The minimum absolute atomic E-state index is 0.0853. The average molecular weight is 1520 g/mol. The molecule has 0 bridgehead atoms. The first-order valence-corrected chi connectivity index (χ1v) is 46.3. The molecule has 17 nitrogen and oxygen atoms in total. The van der Waals surface area contributed by atoms with Crippen molar-refractivity contribution in [2.75, 3.05) is 39.6 Å². The van der Waals surface area contributed by atoms with E-state index in [0.29, 0.717) is 25.7 Å². The van der Waals surface area contributed by atoms with Crippen molar-refractivity contribution in [1.29, 1.82) is 0 Å². The van der Waals surface area contributed by atoms with E-state index in [4.69, 9.17) is 37.0 Å². The van der Waals surface area contributed by atoms with E-state index in [1.165, 1.54) is 231 Å². The Hall–Kier alpha value is -2.46. The Morgan fingerprint density at radius 3 is 0.788 bits per heavy atom. The van der Waals surface area contributed by atoms with E-state index >= 15 is 0 Å². The molecule has 19 heteroatoms. The number of hydrogen-bond donors (Lipinski definition) is 3. The molecule has 0 aliphatic rings. The first-order valence-electron chi connectivity index (χ1n) is 43.3. The van der Waals surface area contributed by atoms with E-state index in [2.05, 4.69) is 65.8 Å². The molecule has 104 heavy (non-hydrogen) atoms. The third-order valence-corrected chi connectivity index (χ3v) is 21.2. The van der Waals surface area contributed by atoms with Gasteiger partial charge in [-0.3, -0.25) is 37.3 Å². The monoisotopic (exact) mass is 1520 g/mol. The third kappa shape index (κ3) is 77.7. The summed E-state index contributed by atoms with van der Waals surface area (Å²) < 4.78 is 68.7. The zero-order valence-corrected chi connectivity index (χ0v) is 69.6. The molecule has 0 rings (SSSR count). The topological polar surface area (TPSA) is 237 Å². The predicted molar refractivity (Wildman–Crippen MR) is 427 cm³/mol. The van der Waals surface area contributed by atoms with Crippen molar-refractivity contribution >= 4 is 39.5 Å². The molecule has 0 aliphatic heterocycles. The summed E-state index contributed by atoms with van der Waals surface area (Å²) in [5.41, 5.74) is 0. The number of carbonyl (C=O) groups excluding carboxylic acids is 4. The van der Waals surface area contributed by atoms with Crippen LogP contribution in [0.25, 0.3) is 0 Å². The maximum Gasteiger partial charge on any atom is 0.472 e. The van der Waals surface area contributed by atoms with Crippen LogP contribution in [0.15, 0.2) is 24.3 Å². The molecule has 0 heterocycles. The Balaban J connectivity index is 5.24. The second kappa shape index (κ2) is 75.9. The minimum atomic E-state index is -4.97. The third-order valence-electron chi connectivity index (χ3n) is 19.3. The lowest BCUT2D eigenvalue weighted by Gasteiger charge is -2.21. The number of ether oxygens (including phenoxy) is 4. The number of esters is 4. The summed E-state index contributed by atoms with van der Waals surface area (Å²) in [6, 6.07) is 0. The van der Waals surface area contributed by atoms with Crippen LogP contribution in [-0.2, 0) is 65.4 Å². The zero-order valence-electron chi connectivity index (χ0n) is 67.8. The highest BCUT2D eigenvalue weighted by Gasteiger charge is 2.30. The van der Waals surface area contributed by atoms with Gasteiger partial charge >= 0.3 is 39.5 Å². The van der Waals surface area contributed by atoms with Crippen molar-refractivity contribution in [2.45, 2.75) is 445 Å². The smallest absolute Gasteiger partial charge is 0.462 e. The van der Waals surface area contributed by atoms with Gasteiger partial charge in [-0.1, -0.05) is 374 Å². The van der Waals surface area contributed by atoms with Crippen molar-refractivity contribution < 1.29 is 80.2 Å². The predicted octanol–water partition coefficient (Wildman–Crippen LogP) is 25.4. The summed E-state index contributed by atoms with van der Waals surface area (Å²) in [6.07, 6.45) is 70.3. The molecular formula is C85H162O17P2. The molecular weight excluding hydrogens is 1350 g/mol. The first kappa shape index (κ1) is 102. The number of rotatable bonds is 82. The molecule has 5 atom stereocenters. The first-order chi connectivity index (χ1) is 50.4. The molecule has 0 aromatic carbocycles. The van der Waals surface area contributed by atoms with Crippen LogP contribution < -0.4 is 0 Å². The normalized spacial score (nSPS) is 14.0. The lowest BCUT2D eigenvalue weighted by molar-refractivity contribution is -0.161. The van der Waals surface area contributed by atoms with Gasteiger partial charge in [0.25, 0.3) is 0 Å². The fourth-order valence-corrected chi connectivity index (χ4v) is 14.3. The number of allylic oxidation sites excluding steroid dienone is 4. The van der Waals surface area contributed by atoms with Gasteiger partial charge in [-0.2, -0.15) is 0 Å². The maximum absolute atomic E-state index is 13.1. The van der Waals surface area contributed by atoms with Crippen LogP contribution in [0, 0.1) is 11.8 Å². The van der Waals surface area contributed by atoms with E-state index in [1.54, 1.807) is 0 Å². The van der Waals surface area contributed by atoms with Crippen LogP contribution in [0.2, 0.25) is 0 Å². The summed E-state index contributed by atoms with van der Waals surface area (Å²) >= 11 is 0. The number of phosphoric acid groups is 2. The Labute approximate surface area is 637 Å². The van der Waals surface area contributed by atoms with E-state index in [0.717, 1.165) is 115 Å². The minimum Gasteiger partial charge on any atom is -0.462 e. The van der Waals surface area contributed by atoms with Crippen molar-refractivity contribution in [1.82, 2.24) is 0 Å².